The Morgan fingerprint density at radius 2 is 2.19 bits per heavy atom. The first kappa shape index (κ1) is 13.5. The van der Waals surface area contributed by atoms with Gasteiger partial charge in [-0.25, -0.2) is 4.98 Å². The first-order chi connectivity index (χ1) is 10.0. The molecule has 0 saturated heterocycles. The van der Waals surface area contributed by atoms with Crippen LogP contribution in [0.3, 0.4) is 0 Å². The fourth-order valence-corrected chi connectivity index (χ4v) is 4.67. The van der Waals surface area contributed by atoms with Crippen molar-refractivity contribution in [3.05, 3.63) is 26.6 Å². The highest BCUT2D eigenvalue weighted by atomic mass is 32.1. The first-order valence-electron chi connectivity index (χ1n) is 7.83. The lowest BCUT2D eigenvalue weighted by Crippen LogP contribution is -2.41. The quantitative estimate of drug-likeness (QED) is 0.913. The zero-order valence-corrected chi connectivity index (χ0v) is 13.4. The van der Waals surface area contributed by atoms with Crippen LogP contribution < -0.4 is 10.9 Å². The van der Waals surface area contributed by atoms with Crippen LogP contribution in [-0.4, -0.2) is 15.5 Å². The van der Waals surface area contributed by atoms with Crippen molar-refractivity contribution in [1.82, 2.24) is 15.3 Å². The Kier molecular flexibility index (Phi) is 2.98. The average Bonchev–Trinajstić information content (AvgIpc) is 3.10. The minimum atomic E-state index is 0.0421. The second kappa shape index (κ2) is 4.65. The maximum absolute atomic E-state index is 12.4. The minimum absolute atomic E-state index is 0.0421. The second-order valence-electron chi connectivity index (χ2n) is 6.90. The molecule has 4 rings (SSSR count). The molecule has 4 nitrogen and oxygen atoms in total. The van der Waals surface area contributed by atoms with Gasteiger partial charge in [-0.3, -0.25) is 4.79 Å². The van der Waals surface area contributed by atoms with Crippen LogP contribution in [0.1, 0.15) is 49.4 Å². The van der Waals surface area contributed by atoms with E-state index in [1.54, 1.807) is 11.3 Å². The van der Waals surface area contributed by atoms with E-state index in [0.29, 0.717) is 6.54 Å². The fourth-order valence-electron chi connectivity index (χ4n) is 3.39. The highest BCUT2D eigenvalue weighted by Gasteiger charge is 2.37. The van der Waals surface area contributed by atoms with Gasteiger partial charge in [-0.1, -0.05) is 0 Å². The van der Waals surface area contributed by atoms with Gasteiger partial charge in [0.15, 0.2) is 0 Å². The third-order valence-electron chi connectivity index (χ3n) is 4.93. The molecule has 1 saturated carbocycles. The third kappa shape index (κ3) is 2.32. The molecule has 0 bridgehead atoms. The molecule has 0 unspecified atom stereocenters. The van der Waals surface area contributed by atoms with Gasteiger partial charge >= 0.3 is 0 Å². The summed E-state index contributed by atoms with van der Waals surface area (Å²) in [4.78, 5) is 22.3. The third-order valence-corrected chi connectivity index (χ3v) is 6.12. The highest BCUT2D eigenvalue weighted by molar-refractivity contribution is 7.18. The van der Waals surface area contributed by atoms with Crippen LogP contribution in [0.5, 0.6) is 0 Å². The largest absolute Gasteiger partial charge is 0.309 e. The van der Waals surface area contributed by atoms with E-state index in [9.17, 15) is 4.79 Å². The smallest absolute Gasteiger partial charge is 0.259 e. The molecule has 2 aliphatic rings. The maximum Gasteiger partial charge on any atom is 0.259 e. The summed E-state index contributed by atoms with van der Waals surface area (Å²) in [6.45, 7) is 5.11. The van der Waals surface area contributed by atoms with Crippen LogP contribution in [0, 0.1) is 5.92 Å². The van der Waals surface area contributed by atoms with Crippen LogP contribution in [-0.2, 0) is 19.4 Å². The van der Waals surface area contributed by atoms with E-state index >= 15 is 0 Å². The first-order valence-corrected chi connectivity index (χ1v) is 8.65. The van der Waals surface area contributed by atoms with Gasteiger partial charge in [0.05, 0.1) is 11.9 Å². The predicted molar refractivity (Wildman–Crippen MR) is 85.9 cm³/mol. The molecule has 0 radical (unpaired) electrons. The van der Waals surface area contributed by atoms with Crippen molar-refractivity contribution >= 4 is 21.6 Å². The number of nitrogens with zero attached hydrogens (tertiary/aromatic N) is 1. The molecule has 2 N–H and O–H groups in total. The molecule has 1 fully saturated rings. The predicted octanol–water partition coefficient (Wildman–Crippen LogP) is 2.75. The van der Waals surface area contributed by atoms with Crippen molar-refractivity contribution in [2.75, 3.05) is 0 Å². The van der Waals surface area contributed by atoms with Crippen molar-refractivity contribution in [1.29, 1.82) is 0 Å². The minimum Gasteiger partial charge on any atom is -0.309 e. The average molecular weight is 303 g/mol. The van der Waals surface area contributed by atoms with Gasteiger partial charge in [0.1, 0.15) is 10.7 Å². The standard InChI is InChI=1S/C16H21N3OS/c1-16(2,9-6-7-9)17-8-12-18-14(20)13-10-4-3-5-11(10)21-15(13)19-12/h9,17H,3-8H2,1-2H3,(H,18,19,20). The fraction of sp³-hybridized carbons (Fsp3) is 0.625. The monoisotopic (exact) mass is 303 g/mol. The number of aromatic nitrogens is 2. The summed E-state index contributed by atoms with van der Waals surface area (Å²) in [5, 5.41) is 4.40. The number of fused-ring (bicyclic) bond motifs is 3. The van der Waals surface area contributed by atoms with Crippen molar-refractivity contribution < 1.29 is 0 Å². The Morgan fingerprint density at radius 3 is 2.95 bits per heavy atom. The lowest BCUT2D eigenvalue weighted by molar-refractivity contribution is 0.335. The van der Waals surface area contributed by atoms with E-state index in [1.165, 1.54) is 29.7 Å². The van der Waals surface area contributed by atoms with Crippen molar-refractivity contribution in [3.8, 4) is 0 Å². The van der Waals surface area contributed by atoms with Gasteiger partial charge in [0.2, 0.25) is 0 Å². The lowest BCUT2D eigenvalue weighted by Gasteiger charge is -2.25. The van der Waals surface area contributed by atoms with Crippen LogP contribution in [0.15, 0.2) is 4.79 Å². The normalized spacial score (nSPS) is 18.4. The van der Waals surface area contributed by atoms with E-state index < -0.39 is 0 Å². The Balaban J connectivity index is 1.63. The Hall–Kier alpha value is -1.20. The van der Waals surface area contributed by atoms with Gasteiger partial charge in [-0.2, -0.15) is 0 Å². The van der Waals surface area contributed by atoms with E-state index in [-0.39, 0.29) is 11.1 Å². The maximum atomic E-state index is 12.4. The SMILES string of the molecule is CC(C)(NCc1nc2sc3c(c2c(=O)[nH]1)CCC3)C1CC1. The number of hydrogen-bond acceptors (Lipinski definition) is 4. The Bertz CT molecular complexity index is 755. The molecular formula is C16H21N3OS. The number of hydrogen-bond donors (Lipinski definition) is 2. The number of thiophene rings is 1. The summed E-state index contributed by atoms with van der Waals surface area (Å²) in [5.74, 6) is 1.53. The van der Waals surface area contributed by atoms with E-state index in [4.69, 9.17) is 0 Å². The highest BCUT2D eigenvalue weighted by Crippen LogP contribution is 2.39. The molecule has 0 spiro atoms. The molecule has 21 heavy (non-hydrogen) atoms. The summed E-state index contributed by atoms with van der Waals surface area (Å²) in [6.07, 6.45) is 5.93. The van der Waals surface area contributed by atoms with Gasteiger partial charge in [-0.15, -0.1) is 11.3 Å². The Morgan fingerprint density at radius 1 is 1.38 bits per heavy atom. The van der Waals surface area contributed by atoms with Crippen LogP contribution in [0.2, 0.25) is 0 Å². The molecular weight excluding hydrogens is 282 g/mol. The van der Waals surface area contributed by atoms with Gasteiger partial charge in [-0.05, 0) is 57.4 Å². The van der Waals surface area contributed by atoms with Crippen molar-refractivity contribution in [2.45, 2.75) is 58.0 Å². The van der Waals surface area contributed by atoms with E-state index in [1.807, 2.05) is 0 Å². The van der Waals surface area contributed by atoms with Crippen molar-refractivity contribution in [2.24, 2.45) is 5.92 Å². The molecule has 112 valence electrons. The summed E-state index contributed by atoms with van der Waals surface area (Å²) < 4.78 is 0. The lowest BCUT2D eigenvalue weighted by atomic mass is 9.99. The summed E-state index contributed by atoms with van der Waals surface area (Å²) in [6, 6.07) is 0. The molecule has 0 aliphatic heterocycles. The molecule has 2 aromatic heterocycles. The molecule has 0 atom stereocenters. The summed E-state index contributed by atoms with van der Waals surface area (Å²) in [5.41, 5.74) is 1.42. The number of rotatable bonds is 4. The molecule has 0 amide bonds. The number of nitrogens with one attached hydrogen (secondary N) is 2. The second-order valence-corrected chi connectivity index (χ2v) is 7.98. The Labute approximate surface area is 128 Å². The number of aryl methyl sites for hydroxylation is 2. The van der Waals surface area contributed by atoms with Gasteiger partial charge < -0.3 is 10.3 Å². The topological polar surface area (TPSA) is 57.8 Å². The van der Waals surface area contributed by atoms with Gasteiger partial charge in [0.25, 0.3) is 5.56 Å². The van der Waals surface area contributed by atoms with Gasteiger partial charge in [0, 0.05) is 10.4 Å². The zero-order chi connectivity index (χ0) is 14.6. The van der Waals surface area contributed by atoms with E-state index in [2.05, 4.69) is 29.1 Å². The molecule has 5 heteroatoms. The van der Waals surface area contributed by atoms with Crippen LogP contribution >= 0.6 is 11.3 Å². The van der Waals surface area contributed by atoms with Crippen LogP contribution in [0.25, 0.3) is 10.2 Å². The molecule has 2 aliphatic carbocycles. The molecule has 2 heterocycles. The number of aromatic amines is 1. The van der Waals surface area contributed by atoms with E-state index in [0.717, 1.165) is 34.8 Å². The van der Waals surface area contributed by atoms with Crippen molar-refractivity contribution in [3.63, 3.8) is 0 Å². The summed E-state index contributed by atoms with van der Waals surface area (Å²) >= 11 is 1.71. The molecule has 0 aromatic carbocycles. The molecule has 2 aromatic rings. The zero-order valence-electron chi connectivity index (χ0n) is 12.6. The summed E-state index contributed by atoms with van der Waals surface area (Å²) in [7, 11) is 0. The van der Waals surface area contributed by atoms with Crippen LogP contribution in [0.4, 0.5) is 0 Å². The number of H-pyrrole nitrogens is 1.